The van der Waals surface area contributed by atoms with Crippen molar-refractivity contribution >= 4 is 5.78 Å². The third-order valence-electron chi connectivity index (χ3n) is 2.88. The van der Waals surface area contributed by atoms with Crippen molar-refractivity contribution in [3.63, 3.8) is 0 Å². The number of ketones is 1. The summed E-state index contributed by atoms with van der Waals surface area (Å²) >= 11 is 0. The topological polar surface area (TPSA) is 39.2 Å². The van der Waals surface area contributed by atoms with E-state index < -0.39 is 5.82 Å². The number of aryl methyl sites for hydroxylation is 1. The minimum Gasteiger partial charge on any atom is -0.373 e. The molecule has 20 heavy (non-hydrogen) atoms. The van der Waals surface area contributed by atoms with Gasteiger partial charge in [0.1, 0.15) is 12.4 Å². The molecule has 0 spiro atoms. The van der Waals surface area contributed by atoms with Crippen LogP contribution in [0.15, 0.2) is 48.8 Å². The van der Waals surface area contributed by atoms with Crippen LogP contribution in [0.5, 0.6) is 0 Å². The van der Waals surface area contributed by atoms with Gasteiger partial charge in [-0.15, -0.1) is 0 Å². The number of carbonyl (C=O) groups is 1. The fraction of sp³-hybridized carbons (Fsp3) is 0.250. The number of nitrogens with zero attached hydrogens (tertiary/aromatic N) is 1. The molecule has 0 atom stereocenters. The average molecular weight is 273 g/mol. The van der Waals surface area contributed by atoms with Gasteiger partial charge < -0.3 is 4.74 Å². The summed E-state index contributed by atoms with van der Waals surface area (Å²) in [6.45, 7) is 0.489. The van der Waals surface area contributed by atoms with Gasteiger partial charge in [-0.25, -0.2) is 4.39 Å². The molecule has 2 rings (SSSR count). The van der Waals surface area contributed by atoms with E-state index in [1.54, 1.807) is 18.5 Å². The number of benzene rings is 1. The highest BCUT2D eigenvalue weighted by molar-refractivity contribution is 5.97. The second kappa shape index (κ2) is 7.50. The molecular formula is C16H16FNO2. The van der Waals surface area contributed by atoms with E-state index in [1.807, 2.05) is 12.1 Å². The lowest BCUT2D eigenvalue weighted by Crippen LogP contribution is -2.10. The predicted octanol–water partition coefficient (Wildman–Crippen LogP) is 3.05. The van der Waals surface area contributed by atoms with Crippen LogP contribution in [0.2, 0.25) is 0 Å². The van der Waals surface area contributed by atoms with Crippen LogP contribution in [0.4, 0.5) is 4.39 Å². The molecule has 1 aromatic heterocycles. The monoisotopic (exact) mass is 273 g/mol. The van der Waals surface area contributed by atoms with Gasteiger partial charge in [-0.2, -0.15) is 0 Å². The van der Waals surface area contributed by atoms with E-state index >= 15 is 0 Å². The van der Waals surface area contributed by atoms with Crippen LogP contribution in [-0.2, 0) is 11.2 Å². The van der Waals surface area contributed by atoms with E-state index in [-0.39, 0.29) is 12.4 Å². The molecule has 4 heteroatoms. The molecule has 1 aromatic carbocycles. The third-order valence-corrected chi connectivity index (χ3v) is 2.88. The van der Waals surface area contributed by atoms with Crippen LogP contribution in [0.25, 0.3) is 0 Å². The quantitative estimate of drug-likeness (QED) is 0.575. The summed E-state index contributed by atoms with van der Waals surface area (Å²) in [5.74, 6) is -0.609. The van der Waals surface area contributed by atoms with E-state index in [9.17, 15) is 9.18 Å². The lowest BCUT2D eigenvalue weighted by Gasteiger charge is -2.04. The summed E-state index contributed by atoms with van der Waals surface area (Å²) in [5.41, 5.74) is 1.54. The lowest BCUT2D eigenvalue weighted by molar-refractivity contribution is 0.0755. The summed E-state index contributed by atoms with van der Waals surface area (Å²) in [6.07, 6.45) is 5.23. The third kappa shape index (κ3) is 4.55. The minimum atomic E-state index is -0.409. The summed E-state index contributed by atoms with van der Waals surface area (Å²) in [4.78, 5) is 15.7. The fourth-order valence-electron chi connectivity index (χ4n) is 1.84. The highest BCUT2D eigenvalue weighted by Gasteiger charge is 2.06. The molecule has 0 aliphatic heterocycles. The van der Waals surface area contributed by atoms with Crippen molar-refractivity contribution in [2.45, 2.75) is 12.8 Å². The molecule has 104 valence electrons. The van der Waals surface area contributed by atoms with Crippen molar-refractivity contribution in [2.24, 2.45) is 0 Å². The molecule has 0 aliphatic carbocycles. The van der Waals surface area contributed by atoms with E-state index in [0.717, 1.165) is 12.8 Å². The second-order valence-corrected chi connectivity index (χ2v) is 4.45. The minimum absolute atomic E-state index is 0.0141. The number of aromatic nitrogens is 1. The van der Waals surface area contributed by atoms with Gasteiger partial charge >= 0.3 is 0 Å². The van der Waals surface area contributed by atoms with Crippen molar-refractivity contribution in [1.29, 1.82) is 0 Å². The standard InChI is InChI=1S/C16H16FNO2/c17-15-5-1-4-14(11-15)16(19)12-20-10-2-3-13-6-8-18-9-7-13/h1,4-9,11H,2-3,10,12H2. The molecule has 0 bridgehead atoms. The maximum absolute atomic E-state index is 13.0. The first-order chi connectivity index (χ1) is 9.75. The number of pyridine rings is 1. The Morgan fingerprint density at radius 1 is 1.20 bits per heavy atom. The Hall–Kier alpha value is -2.07. The van der Waals surface area contributed by atoms with Crippen molar-refractivity contribution in [3.8, 4) is 0 Å². The predicted molar refractivity (Wildman–Crippen MR) is 74.1 cm³/mol. The van der Waals surface area contributed by atoms with Gasteiger partial charge in [0.15, 0.2) is 5.78 Å². The first-order valence-electron chi connectivity index (χ1n) is 6.51. The Kier molecular flexibility index (Phi) is 5.38. The molecule has 1 heterocycles. The molecule has 0 radical (unpaired) electrons. The molecule has 3 nitrogen and oxygen atoms in total. The molecule has 0 unspecified atom stereocenters. The van der Waals surface area contributed by atoms with Gasteiger partial charge in [0.25, 0.3) is 0 Å². The highest BCUT2D eigenvalue weighted by Crippen LogP contribution is 2.05. The number of hydrogen-bond donors (Lipinski definition) is 0. The molecule has 0 aliphatic rings. The van der Waals surface area contributed by atoms with Gasteiger partial charge in [0.2, 0.25) is 0 Å². The van der Waals surface area contributed by atoms with Crippen molar-refractivity contribution in [1.82, 2.24) is 4.98 Å². The number of rotatable bonds is 7. The van der Waals surface area contributed by atoms with Crippen LogP contribution in [0.1, 0.15) is 22.3 Å². The van der Waals surface area contributed by atoms with Gasteiger partial charge in [0.05, 0.1) is 0 Å². The van der Waals surface area contributed by atoms with Gasteiger partial charge in [0, 0.05) is 24.6 Å². The van der Waals surface area contributed by atoms with E-state index in [1.165, 1.54) is 23.8 Å². The maximum atomic E-state index is 13.0. The maximum Gasteiger partial charge on any atom is 0.188 e. The van der Waals surface area contributed by atoms with Crippen LogP contribution < -0.4 is 0 Å². The Labute approximate surface area is 117 Å². The molecule has 0 saturated carbocycles. The average Bonchev–Trinajstić information content (AvgIpc) is 2.48. The number of halogens is 1. The van der Waals surface area contributed by atoms with E-state index in [4.69, 9.17) is 4.74 Å². The van der Waals surface area contributed by atoms with E-state index in [0.29, 0.717) is 12.2 Å². The zero-order valence-electron chi connectivity index (χ0n) is 11.1. The summed E-state index contributed by atoms with van der Waals surface area (Å²) in [6, 6.07) is 9.56. The largest absolute Gasteiger partial charge is 0.373 e. The summed E-state index contributed by atoms with van der Waals surface area (Å²) in [7, 11) is 0. The molecule has 2 aromatic rings. The van der Waals surface area contributed by atoms with Crippen molar-refractivity contribution in [3.05, 3.63) is 65.7 Å². The van der Waals surface area contributed by atoms with Crippen molar-refractivity contribution in [2.75, 3.05) is 13.2 Å². The molecule has 0 amide bonds. The normalized spacial score (nSPS) is 10.4. The van der Waals surface area contributed by atoms with Crippen LogP contribution >= 0.6 is 0 Å². The number of hydrogen-bond acceptors (Lipinski definition) is 3. The molecule has 0 fully saturated rings. The zero-order chi connectivity index (χ0) is 14.2. The van der Waals surface area contributed by atoms with Crippen LogP contribution in [0.3, 0.4) is 0 Å². The van der Waals surface area contributed by atoms with Crippen molar-refractivity contribution < 1.29 is 13.9 Å². The highest BCUT2D eigenvalue weighted by atomic mass is 19.1. The number of ether oxygens (including phenoxy) is 1. The Morgan fingerprint density at radius 3 is 2.75 bits per heavy atom. The molecule has 0 N–H and O–H groups in total. The number of carbonyl (C=O) groups excluding carboxylic acids is 1. The SMILES string of the molecule is O=C(COCCCc1ccncc1)c1cccc(F)c1. The van der Waals surface area contributed by atoms with Gasteiger partial charge in [-0.3, -0.25) is 9.78 Å². The first-order valence-corrected chi connectivity index (χ1v) is 6.51. The summed E-state index contributed by atoms with van der Waals surface area (Å²) in [5, 5.41) is 0. The molecular weight excluding hydrogens is 257 g/mol. The first kappa shape index (κ1) is 14.3. The second-order valence-electron chi connectivity index (χ2n) is 4.45. The summed E-state index contributed by atoms with van der Waals surface area (Å²) < 4.78 is 18.3. The lowest BCUT2D eigenvalue weighted by atomic mass is 10.1. The van der Waals surface area contributed by atoms with Crippen LogP contribution in [-0.4, -0.2) is 24.0 Å². The van der Waals surface area contributed by atoms with E-state index in [2.05, 4.69) is 4.98 Å². The van der Waals surface area contributed by atoms with Gasteiger partial charge in [-0.1, -0.05) is 12.1 Å². The van der Waals surface area contributed by atoms with Gasteiger partial charge in [-0.05, 0) is 42.7 Å². The Morgan fingerprint density at radius 2 is 2.00 bits per heavy atom. The Balaban J connectivity index is 1.67. The van der Waals surface area contributed by atoms with Crippen LogP contribution in [0, 0.1) is 5.82 Å². The number of Topliss-reactive ketones (excluding diaryl/α,β-unsaturated/α-hetero) is 1. The Bertz CT molecular complexity index is 557. The fourth-order valence-corrected chi connectivity index (χ4v) is 1.84. The molecule has 0 saturated heterocycles. The smallest absolute Gasteiger partial charge is 0.188 e. The zero-order valence-corrected chi connectivity index (χ0v) is 11.1.